The summed E-state index contributed by atoms with van der Waals surface area (Å²) in [5.74, 6) is 0.767. The Kier molecular flexibility index (Phi) is 7.18. The normalized spacial score (nSPS) is 15.1. The van der Waals surface area contributed by atoms with Gasteiger partial charge in [-0.3, -0.25) is 4.79 Å². The molecule has 1 aliphatic rings. The third kappa shape index (κ3) is 5.51. The minimum absolute atomic E-state index is 0.204. The molecule has 0 bridgehead atoms. The number of nitrogens with one attached hydrogen (secondary N) is 1. The molecular formula is C20H24N2O5S2. The monoisotopic (exact) mass is 436 g/mol. The summed E-state index contributed by atoms with van der Waals surface area (Å²) in [4.78, 5) is 13.5. The van der Waals surface area contributed by atoms with Gasteiger partial charge in [0, 0.05) is 23.7 Å². The van der Waals surface area contributed by atoms with Crippen LogP contribution in [0.3, 0.4) is 0 Å². The second-order valence-electron chi connectivity index (χ2n) is 6.51. The van der Waals surface area contributed by atoms with Crippen molar-refractivity contribution in [2.45, 2.75) is 16.7 Å². The number of rotatable bonds is 7. The number of hydrogen-bond donors (Lipinski definition) is 1. The van der Waals surface area contributed by atoms with Gasteiger partial charge in [-0.25, -0.2) is 8.42 Å². The second-order valence-corrected chi connectivity index (χ2v) is 9.46. The predicted molar refractivity (Wildman–Crippen MR) is 113 cm³/mol. The van der Waals surface area contributed by atoms with Gasteiger partial charge in [0.25, 0.3) is 0 Å². The van der Waals surface area contributed by atoms with Gasteiger partial charge in [0.2, 0.25) is 15.9 Å². The van der Waals surface area contributed by atoms with Gasteiger partial charge in [-0.1, -0.05) is 6.07 Å². The molecule has 1 fully saturated rings. The summed E-state index contributed by atoms with van der Waals surface area (Å²) in [6, 6.07) is 12.4. The minimum Gasteiger partial charge on any atom is -0.497 e. The number of hydrogen-bond acceptors (Lipinski definition) is 6. The van der Waals surface area contributed by atoms with E-state index < -0.39 is 10.0 Å². The van der Waals surface area contributed by atoms with Crippen LogP contribution in [0.5, 0.6) is 5.75 Å². The predicted octanol–water partition coefficient (Wildman–Crippen LogP) is 2.76. The topological polar surface area (TPSA) is 84.9 Å². The Morgan fingerprint density at radius 3 is 2.52 bits per heavy atom. The molecule has 2 aromatic carbocycles. The molecular weight excluding hydrogens is 412 g/mol. The van der Waals surface area contributed by atoms with Crippen molar-refractivity contribution in [3.05, 3.63) is 48.0 Å². The molecule has 0 atom stereocenters. The highest BCUT2D eigenvalue weighted by Crippen LogP contribution is 2.25. The van der Waals surface area contributed by atoms with E-state index in [0.29, 0.717) is 37.6 Å². The molecule has 0 radical (unpaired) electrons. The van der Waals surface area contributed by atoms with Gasteiger partial charge in [-0.15, -0.1) is 11.8 Å². The number of thioether (sulfide) groups is 1. The minimum atomic E-state index is -3.63. The summed E-state index contributed by atoms with van der Waals surface area (Å²) in [7, 11) is -2.03. The molecule has 2 aromatic rings. The van der Waals surface area contributed by atoms with Crippen LogP contribution in [0, 0.1) is 6.92 Å². The van der Waals surface area contributed by atoms with Gasteiger partial charge in [0.1, 0.15) is 5.75 Å². The fourth-order valence-corrected chi connectivity index (χ4v) is 5.26. The van der Waals surface area contributed by atoms with Crippen molar-refractivity contribution in [2.24, 2.45) is 0 Å². The number of morpholine rings is 1. The fraction of sp³-hybridized carbons (Fsp3) is 0.350. The lowest BCUT2D eigenvalue weighted by molar-refractivity contribution is -0.113. The SMILES string of the molecule is COc1ccc(SCC(=O)Nc2ccc(C)c(S(=O)(=O)N3CCOCC3)c2)cc1. The standard InChI is InChI=1S/C20H24N2O5S2/c1-15-3-4-16(13-19(15)29(24,25)22-9-11-27-12-10-22)21-20(23)14-28-18-7-5-17(26-2)6-8-18/h3-8,13H,9-12,14H2,1-2H3,(H,21,23). The van der Waals surface area contributed by atoms with Crippen molar-refractivity contribution >= 4 is 33.4 Å². The van der Waals surface area contributed by atoms with Gasteiger partial charge in [0.15, 0.2) is 0 Å². The molecule has 1 saturated heterocycles. The van der Waals surface area contributed by atoms with Crippen LogP contribution in [0.4, 0.5) is 5.69 Å². The maximum absolute atomic E-state index is 13.0. The molecule has 3 rings (SSSR count). The molecule has 0 aromatic heterocycles. The molecule has 156 valence electrons. The van der Waals surface area contributed by atoms with E-state index in [2.05, 4.69) is 5.32 Å². The molecule has 7 nitrogen and oxygen atoms in total. The lowest BCUT2D eigenvalue weighted by atomic mass is 10.2. The summed E-state index contributed by atoms with van der Waals surface area (Å²) in [5.41, 5.74) is 1.10. The lowest BCUT2D eigenvalue weighted by Crippen LogP contribution is -2.40. The van der Waals surface area contributed by atoms with Crippen molar-refractivity contribution in [1.82, 2.24) is 4.31 Å². The number of aryl methyl sites for hydroxylation is 1. The molecule has 0 unspecified atom stereocenters. The first-order valence-corrected chi connectivity index (χ1v) is 11.6. The number of nitrogens with zero attached hydrogens (tertiary/aromatic N) is 1. The van der Waals surface area contributed by atoms with Gasteiger partial charge < -0.3 is 14.8 Å². The van der Waals surface area contributed by atoms with Crippen LogP contribution in [0.25, 0.3) is 0 Å². The van der Waals surface area contributed by atoms with E-state index in [9.17, 15) is 13.2 Å². The smallest absolute Gasteiger partial charge is 0.243 e. The number of sulfonamides is 1. The molecule has 1 amide bonds. The van der Waals surface area contributed by atoms with Crippen molar-refractivity contribution in [3.63, 3.8) is 0 Å². The van der Waals surface area contributed by atoms with Crippen LogP contribution >= 0.6 is 11.8 Å². The van der Waals surface area contributed by atoms with Crippen LogP contribution in [0.1, 0.15) is 5.56 Å². The number of anilines is 1. The molecule has 29 heavy (non-hydrogen) atoms. The molecule has 0 saturated carbocycles. The first-order valence-electron chi connectivity index (χ1n) is 9.15. The van der Waals surface area contributed by atoms with Crippen LogP contribution in [-0.2, 0) is 19.6 Å². The number of methoxy groups -OCH3 is 1. The third-order valence-electron chi connectivity index (χ3n) is 4.49. The molecule has 0 aliphatic carbocycles. The van der Waals surface area contributed by atoms with Gasteiger partial charge in [-0.05, 0) is 48.9 Å². The van der Waals surface area contributed by atoms with Crippen LogP contribution in [-0.4, -0.2) is 57.8 Å². The lowest BCUT2D eigenvalue weighted by Gasteiger charge is -2.26. The zero-order chi connectivity index (χ0) is 20.9. The maximum atomic E-state index is 13.0. The first-order chi connectivity index (χ1) is 13.9. The summed E-state index contributed by atoms with van der Waals surface area (Å²) < 4.78 is 37.7. The Balaban J connectivity index is 1.66. The van der Waals surface area contributed by atoms with Crippen LogP contribution < -0.4 is 10.1 Å². The van der Waals surface area contributed by atoms with Crippen molar-refractivity contribution in [3.8, 4) is 5.75 Å². The Labute approximate surface area is 175 Å². The fourth-order valence-electron chi connectivity index (χ4n) is 2.90. The number of benzene rings is 2. The number of carbonyl (C=O) groups is 1. The Bertz CT molecular complexity index is 955. The summed E-state index contributed by atoms with van der Waals surface area (Å²) >= 11 is 1.39. The highest BCUT2D eigenvalue weighted by molar-refractivity contribution is 8.00. The van der Waals surface area contributed by atoms with Gasteiger partial charge in [0.05, 0.1) is 31.0 Å². The highest BCUT2D eigenvalue weighted by atomic mass is 32.2. The van der Waals surface area contributed by atoms with E-state index in [0.717, 1.165) is 10.6 Å². The summed E-state index contributed by atoms with van der Waals surface area (Å²) in [6.45, 7) is 3.18. The molecule has 1 aliphatic heterocycles. The van der Waals surface area contributed by atoms with Gasteiger partial charge >= 0.3 is 0 Å². The average molecular weight is 437 g/mol. The molecule has 1 heterocycles. The van der Waals surface area contributed by atoms with E-state index in [1.54, 1.807) is 26.2 Å². The van der Waals surface area contributed by atoms with E-state index in [-0.39, 0.29) is 16.6 Å². The zero-order valence-electron chi connectivity index (χ0n) is 16.4. The van der Waals surface area contributed by atoms with Crippen molar-refractivity contribution in [1.29, 1.82) is 0 Å². The number of ether oxygens (including phenoxy) is 2. The molecule has 0 spiro atoms. The highest BCUT2D eigenvalue weighted by Gasteiger charge is 2.28. The Morgan fingerprint density at radius 1 is 1.17 bits per heavy atom. The zero-order valence-corrected chi connectivity index (χ0v) is 18.0. The van der Waals surface area contributed by atoms with Crippen molar-refractivity contribution in [2.75, 3.05) is 44.5 Å². The Morgan fingerprint density at radius 2 is 1.86 bits per heavy atom. The van der Waals surface area contributed by atoms with E-state index >= 15 is 0 Å². The third-order valence-corrected chi connectivity index (χ3v) is 7.54. The van der Waals surface area contributed by atoms with Gasteiger partial charge in [-0.2, -0.15) is 4.31 Å². The largest absolute Gasteiger partial charge is 0.497 e. The van der Waals surface area contributed by atoms with Crippen molar-refractivity contribution < 1.29 is 22.7 Å². The number of carbonyl (C=O) groups excluding carboxylic acids is 1. The molecule has 1 N–H and O–H groups in total. The summed E-state index contributed by atoms with van der Waals surface area (Å²) in [6.07, 6.45) is 0. The van der Waals surface area contributed by atoms with Crippen LogP contribution in [0.15, 0.2) is 52.3 Å². The average Bonchev–Trinajstić information content (AvgIpc) is 2.74. The van der Waals surface area contributed by atoms with E-state index in [1.165, 1.54) is 22.1 Å². The quantitative estimate of drug-likeness (QED) is 0.672. The van der Waals surface area contributed by atoms with E-state index in [4.69, 9.17) is 9.47 Å². The Hall–Kier alpha value is -2.07. The maximum Gasteiger partial charge on any atom is 0.243 e. The summed E-state index contributed by atoms with van der Waals surface area (Å²) in [5, 5.41) is 2.79. The van der Waals surface area contributed by atoms with E-state index in [1.807, 2.05) is 24.3 Å². The number of amides is 1. The first kappa shape index (κ1) is 21.6. The van der Waals surface area contributed by atoms with Crippen LogP contribution in [0.2, 0.25) is 0 Å². The molecule has 9 heteroatoms. The second kappa shape index (κ2) is 9.62.